The molecule has 0 saturated heterocycles. The average Bonchev–Trinajstić information content (AvgIpc) is 2.34. The van der Waals surface area contributed by atoms with Gasteiger partial charge in [-0.05, 0) is 24.1 Å². The summed E-state index contributed by atoms with van der Waals surface area (Å²) >= 11 is 3.06. The van der Waals surface area contributed by atoms with Crippen molar-refractivity contribution in [3.8, 4) is 0 Å². The minimum Gasteiger partial charge on any atom is -0.448 e. The van der Waals surface area contributed by atoms with Gasteiger partial charge in [-0.15, -0.1) is 0 Å². The highest BCUT2D eigenvalue weighted by atomic mass is 79.9. The Morgan fingerprint density at radius 3 is 2.43 bits per heavy atom. The summed E-state index contributed by atoms with van der Waals surface area (Å²) in [4.78, 5) is 34.3. The van der Waals surface area contributed by atoms with Crippen LogP contribution in [0, 0.1) is 11.7 Å². The predicted octanol–water partition coefficient (Wildman–Crippen LogP) is 1.96. The largest absolute Gasteiger partial charge is 0.448 e. The van der Waals surface area contributed by atoms with Gasteiger partial charge in [-0.1, -0.05) is 29.8 Å². The highest BCUT2D eigenvalue weighted by molar-refractivity contribution is 9.10. The Morgan fingerprint density at radius 2 is 1.95 bits per heavy atom. The number of imide groups is 1. The Balaban J connectivity index is 2.91. The molecule has 0 aliphatic rings. The minimum absolute atomic E-state index is 0.310. The standard InChI is InChI=1S/C13H14BrFN2O4/c1-6(2)10(11(18)17-13(16)20)21-12(19)8-4-3-7(14)5-9(8)15/h3-6,10H,1-2H3,(H3,16,17,18,20)/t10-/m1/s1. The quantitative estimate of drug-likeness (QED) is 0.801. The Morgan fingerprint density at radius 1 is 1.33 bits per heavy atom. The first-order chi connectivity index (χ1) is 9.72. The number of nitrogens with two attached hydrogens (primary N) is 1. The van der Waals surface area contributed by atoms with Crippen LogP contribution in [0.15, 0.2) is 22.7 Å². The van der Waals surface area contributed by atoms with Gasteiger partial charge in [0.15, 0.2) is 6.10 Å². The minimum atomic E-state index is -1.26. The van der Waals surface area contributed by atoms with Crippen LogP contribution in [0.4, 0.5) is 9.18 Å². The van der Waals surface area contributed by atoms with Crippen LogP contribution in [0.25, 0.3) is 0 Å². The van der Waals surface area contributed by atoms with Gasteiger partial charge in [0, 0.05) is 4.47 Å². The number of amides is 3. The molecule has 0 saturated carbocycles. The summed E-state index contributed by atoms with van der Waals surface area (Å²) in [6, 6.07) is 2.74. The van der Waals surface area contributed by atoms with Gasteiger partial charge in [0.1, 0.15) is 5.82 Å². The molecule has 6 nitrogen and oxygen atoms in total. The summed E-state index contributed by atoms with van der Waals surface area (Å²) in [7, 11) is 0. The number of nitrogens with one attached hydrogen (secondary N) is 1. The van der Waals surface area contributed by atoms with Gasteiger partial charge in [0.05, 0.1) is 5.56 Å². The Bertz CT molecular complexity index is 577. The molecule has 3 N–H and O–H groups in total. The maximum Gasteiger partial charge on any atom is 0.341 e. The van der Waals surface area contributed by atoms with Gasteiger partial charge in [-0.25, -0.2) is 14.0 Å². The van der Waals surface area contributed by atoms with Crippen molar-refractivity contribution in [3.63, 3.8) is 0 Å². The molecule has 0 aliphatic carbocycles. The van der Waals surface area contributed by atoms with E-state index in [1.165, 1.54) is 12.1 Å². The molecule has 0 heterocycles. The Kier molecular flexibility index (Phi) is 5.83. The van der Waals surface area contributed by atoms with E-state index in [1.807, 2.05) is 5.32 Å². The topological polar surface area (TPSA) is 98.5 Å². The molecule has 114 valence electrons. The molecule has 21 heavy (non-hydrogen) atoms. The van der Waals surface area contributed by atoms with Crippen LogP contribution in [0.2, 0.25) is 0 Å². The van der Waals surface area contributed by atoms with E-state index in [0.717, 1.165) is 6.07 Å². The first kappa shape index (κ1) is 17.1. The van der Waals surface area contributed by atoms with E-state index >= 15 is 0 Å². The van der Waals surface area contributed by atoms with Crippen LogP contribution in [0.1, 0.15) is 24.2 Å². The number of urea groups is 1. The van der Waals surface area contributed by atoms with Crippen molar-refractivity contribution in [1.29, 1.82) is 0 Å². The smallest absolute Gasteiger partial charge is 0.341 e. The monoisotopic (exact) mass is 360 g/mol. The first-order valence-electron chi connectivity index (χ1n) is 5.98. The Labute approximate surface area is 129 Å². The fraction of sp³-hybridized carbons (Fsp3) is 0.308. The van der Waals surface area contributed by atoms with Crippen molar-refractivity contribution >= 4 is 33.8 Å². The molecule has 8 heteroatoms. The number of carbonyl (C=O) groups excluding carboxylic acids is 3. The van der Waals surface area contributed by atoms with Crippen LogP contribution in [-0.2, 0) is 9.53 Å². The van der Waals surface area contributed by atoms with E-state index in [2.05, 4.69) is 15.9 Å². The second-order valence-corrected chi connectivity index (χ2v) is 5.46. The van der Waals surface area contributed by atoms with Crippen LogP contribution >= 0.6 is 15.9 Å². The first-order valence-corrected chi connectivity index (χ1v) is 6.78. The van der Waals surface area contributed by atoms with Crippen molar-refractivity contribution in [1.82, 2.24) is 5.32 Å². The number of carbonyl (C=O) groups is 3. The number of esters is 1. The lowest BCUT2D eigenvalue weighted by atomic mass is 10.1. The predicted molar refractivity (Wildman–Crippen MR) is 75.9 cm³/mol. The average molecular weight is 361 g/mol. The third-order valence-electron chi connectivity index (χ3n) is 2.50. The second kappa shape index (κ2) is 7.16. The molecule has 0 fully saturated rings. The van der Waals surface area contributed by atoms with Crippen LogP contribution in [0.3, 0.4) is 0 Å². The van der Waals surface area contributed by atoms with E-state index in [4.69, 9.17) is 10.5 Å². The number of benzene rings is 1. The third-order valence-corrected chi connectivity index (χ3v) is 2.99. The molecular weight excluding hydrogens is 347 g/mol. The molecule has 0 aromatic heterocycles. The summed E-state index contributed by atoms with van der Waals surface area (Å²) in [6.45, 7) is 3.22. The summed E-state index contributed by atoms with van der Waals surface area (Å²) in [6.07, 6.45) is -1.26. The van der Waals surface area contributed by atoms with Gasteiger partial charge < -0.3 is 10.5 Å². The van der Waals surface area contributed by atoms with Crippen LogP contribution in [-0.4, -0.2) is 24.0 Å². The lowest BCUT2D eigenvalue weighted by Gasteiger charge is -2.20. The summed E-state index contributed by atoms with van der Waals surface area (Å²) in [5, 5.41) is 1.83. The molecule has 0 aliphatic heterocycles. The maximum absolute atomic E-state index is 13.7. The van der Waals surface area contributed by atoms with Gasteiger partial charge in [-0.3, -0.25) is 10.1 Å². The zero-order valence-electron chi connectivity index (χ0n) is 11.4. The molecular formula is C13H14BrFN2O4. The van der Waals surface area contributed by atoms with Gasteiger partial charge in [0.25, 0.3) is 5.91 Å². The lowest BCUT2D eigenvalue weighted by molar-refractivity contribution is -0.130. The molecule has 1 atom stereocenters. The van der Waals surface area contributed by atoms with E-state index in [9.17, 15) is 18.8 Å². The molecule has 1 rings (SSSR count). The number of hydrogen-bond acceptors (Lipinski definition) is 4. The fourth-order valence-corrected chi connectivity index (χ4v) is 1.85. The number of hydrogen-bond donors (Lipinski definition) is 2. The van der Waals surface area contributed by atoms with Crippen molar-refractivity contribution < 1.29 is 23.5 Å². The summed E-state index contributed by atoms with van der Waals surface area (Å²) in [5.74, 6) is -3.07. The normalized spacial score (nSPS) is 11.9. The van der Waals surface area contributed by atoms with E-state index in [0.29, 0.717) is 4.47 Å². The Hall–Kier alpha value is -1.96. The van der Waals surface area contributed by atoms with Crippen molar-refractivity contribution in [3.05, 3.63) is 34.1 Å². The second-order valence-electron chi connectivity index (χ2n) is 4.55. The lowest BCUT2D eigenvalue weighted by Crippen LogP contribution is -2.45. The van der Waals surface area contributed by atoms with E-state index in [-0.39, 0.29) is 5.56 Å². The molecule has 0 bridgehead atoms. The van der Waals surface area contributed by atoms with E-state index in [1.54, 1.807) is 13.8 Å². The van der Waals surface area contributed by atoms with Crippen LogP contribution in [0.5, 0.6) is 0 Å². The highest BCUT2D eigenvalue weighted by Crippen LogP contribution is 2.18. The SMILES string of the molecule is CC(C)[C@@H](OC(=O)c1ccc(Br)cc1F)C(=O)NC(N)=O. The number of halogens is 2. The molecule has 0 radical (unpaired) electrons. The molecule has 1 aromatic carbocycles. The zero-order chi connectivity index (χ0) is 16.2. The number of ether oxygens (including phenoxy) is 1. The van der Waals surface area contributed by atoms with Crippen LogP contribution < -0.4 is 11.1 Å². The van der Waals surface area contributed by atoms with Gasteiger partial charge in [-0.2, -0.15) is 0 Å². The summed E-state index contributed by atoms with van der Waals surface area (Å²) < 4.78 is 19.1. The van der Waals surface area contributed by atoms with Gasteiger partial charge >= 0.3 is 12.0 Å². The van der Waals surface area contributed by atoms with Crippen molar-refractivity contribution in [2.24, 2.45) is 11.7 Å². The molecule has 0 spiro atoms. The highest BCUT2D eigenvalue weighted by Gasteiger charge is 2.28. The third kappa shape index (κ3) is 4.82. The maximum atomic E-state index is 13.7. The van der Waals surface area contributed by atoms with Crippen molar-refractivity contribution in [2.45, 2.75) is 20.0 Å². The molecule has 0 unspecified atom stereocenters. The van der Waals surface area contributed by atoms with E-state index < -0.39 is 35.7 Å². The zero-order valence-corrected chi connectivity index (χ0v) is 12.9. The van der Waals surface area contributed by atoms with Crippen molar-refractivity contribution in [2.75, 3.05) is 0 Å². The number of rotatable bonds is 4. The molecule has 3 amide bonds. The molecule has 1 aromatic rings. The summed E-state index contributed by atoms with van der Waals surface area (Å²) in [5.41, 5.74) is 4.53. The fourth-order valence-electron chi connectivity index (χ4n) is 1.52. The number of primary amides is 1. The van der Waals surface area contributed by atoms with Gasteiger partial charge in [0.2, 0.25) is 0 Å².